The van der Waals surface area contributed by atoms with E-state index >= 15 is 0 Å². The van der Waals surface area contributed by atoms with Crippen LogP contribution in [0.2, 0.25) is 0 Å². The number of nitrogen functional groups attached to an aromatic ring is 1. The molecule has 0 saturated heterocycles. The van der Waals surface area contributed by atoms with E-state index in [0.29, 0.717) is 24.4 Å². The fourth-order valence-electron chi connectivity index (χ4n) is 1.78. The first-order chi connectivity index (χ1) is 8.08. The molecule has 0 spiro atoms. The summed E-state index contributed by atoms with van der Waals surface area (Å²) < 4.78 is 5.32. The Hall–Kier alpha value is -1.75. The molecule has 3 N–H and O–H groups in total. The maximum absolute atomic E-state index is 11.7. The van der Waals surface area contributed by atoms with Gasteiger partial charge in [-0.3, -0.25) is 4.79 Å². The van der Waals surface area contributed by atoms with Gasteiger partial charge in [0.1, 0.15) is 5.75 Å². The number of anilines is 2. The average molecular weight is 236 g/mol. The predicted octanol–water partition coefficient (Wildman–Crippen LogP) is 0.765. The Morgan fingerprint density at radius 2 is 2.35 bits per heavy atom. The fourth-order valence-corrected chi connectivity index (χ4v) is 1.78. The molecule has 5 heteroatoms. The number of fused-ring (bicyclic) bond motifs is 1. The number of amides is 1. The number of carbonyl (C=O) groups excluding carboxylic acids is 1. The Morgan fingerprint density at radius 3 is 3.06 bits per heavy atom. The van der Waals surface area contributed by atoms with Gasteiger partial charge in [0, 0.05) is 18.3 Å². The lowest BCUT2D eigenvalue weighted by Gasteiger charge is -2.29. The van der Waals surface area contributed by atoms with Gasteiger partial charge in [0.05, 0.1) is 11.8 Å². The Bertz CT molecular complexity index is 432. The Kier molecular flexibility index (Phi) is 3.19. The number of aliphatic hydroxyl groups is 1. The van der Waals surface area contributed by atoms with Crippen molar-refractivity contribution in [3.05, 3.63) is 18.2 Å². The van der Waals surface area contributed by atoms with E-state index in [4.69, 9.17) is 10.5 Å². The first kappa shape index (κ1) is 11.7. The molecule has 17 heavy (non-hydrogen) atoms. The van der Waals surface area contributed by atoms with Crippen molar-refractivity contribution in [2.75, 3.05) is 23.8 Å². The van der Waals surface area contributed by atoms with E-state index in [1.165, 1.54) is 0 Å². The van der Waals surface area contributed by atoms with E-state index in [1.54, 1.807) is 30.0 Å². The maximum atomic E-state index is 11.7. The molecule has 0 saturated carbocycles. The highest BCUT2D eigenvalue weighted by atomic mass is 16.5. The zero-order valence-electron chi connectivity index (χ0n) is 9.72. The van der Waals surface area contributed by atoms with Crippen LogP contribution in [-0.4, -0.2) is 30.3 Å². The van der Waals surface area contributed by atoms with Gasteiger partial charge in [-0.25, -0.2) is 0 Å². The molecule has 1 aliphatic rings. The minimum Gasteiger partial charge on any atom is -0.481 e. The fraction of sp³-hybridized carbons (Fsp3) is 0.417. The van der Waals surface area contributed by atoms with E-state index in [2.05, 4.69) is 0 Å². The third kappa shape index (κ3) is 2.50. The number of benzene rings is 1. The number of hydrogen-bond acceptors (Lipinski definition) is 4. The molecule has 0 fully saturated rings. The number of nitrogens with zero attached hydrogens (tertiary/aromatic N) is 1. The lowest BCUT2D eigenvalue weighted by Crippen LogP contribution is -2.40. The highest BCUT2D eigenvalue weighted by Gasteiger charge is 2.25. The normalized spacial score (nSPS) is 16.4. The van der Waals surface area contributed by atoms with Crippen LogP contribution in [0, 0.1) is 0 Å². The van der Waals surface area contributed by atoms with Gasteiger partial charge in [-0.1, -0.05) is 0 Å². The van der Waals surface area contributed by atoms with Gasteiger partial charge >= 0.3 is 0 Å². The van der Waals surface area contributed by atoms with Crippen LogP contribution in [0.1, 0.15) is 13.3 Å². The van der Waals surface area contributed by atoms with Crippen LogP contribution in [0.5, 0.6) is 5.75 Å². The largest absolute Gasteiger partial charge is 0.481 e. The summed E-state index contributed by atoms with van der Waals surface area (Å²) in [6, 6.07) is 5.21. The van der Waals surface area contributed by atoms with Gasteiger partial charge < -0.3 is 20.5 Å². The molecule has 92 valence electrons. The Labute approximate surface area is 99.8 Å². The Balaban J connectivity index is 2.24. The van der Waals surface area contributed by atoms with Gasteiger partial charge in [-0.2, -0.15) is 0 Å². The van der Waals surface area contributed by atoms with Crippen molar-refractivity contribution < 1.29 is 14.6 Å². The van der Waals surface area contributed by atoms with E-state index in [1.807, 2.05) is 0 Å². The molecule has 1 aromatic rings. The number of rotatable bonds is 3. The molecule has 0 aromatic heterocycles. The van der Waals surface area contributed by atoms with Crippen molar-refractivity contribution in [2.24, 2.45) is 0 Å². The molecule has 1 amide bonds. The second-order valence-electron chi connectivity index (χ2n) is 4.20. The van der Waals surface area contributed by atoms with Crippen LogP contribution in [-0.2, 0) is 4.79 Å². The van der Waals surface area contributed by atoms with Crippen LogP contribution in [0.25, 0.3) is 0 Å². The molecule has 1 atom stereocenters. The van der Waals surface area contributed by atoms with Gasteiger partial charge in [0.2, 0.25) is 0 Å². The summed E-state index contributed by atoms with van der Waals surface area (Å²) in [7, 11) is 0. The highest BCUT2D eigenvalue weighted by Crippen LogP contribution is 2.33. The van der Waals surface area contributed by atoms with Gasteiger partial charge in [-0.05, 0) is 25.5 Å². The minimum absolute atomic E-state index is 0.0241. The molecule has 1 aliphatic heterocycles. The molecule has 1 unspecified atom stereocenters. The average Bonchev–Trinajstić information content (AvgIpc) is 2.27. The van der Waals surface area contributed by atoms with E-state index in [9.17, 15) is 9.90 Å². The summed E-state index contributed by atoms with van der Waals surface area (Å²) in [6.07, 6.45) is 0.109. The van der Waals surface area contributed by atoms with Gasteiger partial charge in [-0.15, -0.1) is 0 Å². The topological polar surface area (TPSA) is 75.8 Å². The Morgan fingerprint density at radius 1 is 1.59 bits per heavy atom. The summed E-state index contributed by atoms with van der Waals surface area (Å²) in [5, 5.41) is 9.27. The lowest BCUT2D eigenvalue weighted by atomic mass is 10.2. The monoisotopic (exact) mass is 236 g/mol. The van der Waals surface area contributed by atoms with Crippen molar-refractivity contribution in [3.63, 3.8) is 0 Å². The van der Waals surface area contributed by atoms with Crippen LogP contribution in [0.3, 0.4) is 0 Å². The summed E-state index contributed by atoms with van der Waals surface area (Å²) in [4.78, 5) is 13.4. The number of nitrogens with two attached hydrogens (primary N) is 1. The first-order valence-electron chi connectivity index (χ1n) is 5.58. The van der Waals surface area contributed by atoms with Crippen LogP contribution >= 0.6 is 0 Å². The van der Waals surface area contributed by atoms with Crippen molar-refractivity contribution in [1.82, 2.24) is 0 Å². The second-order valence-corrected chi connectivity index (χ2v) is 4.20. The molecule has 5 nitrogen and oxygen atoms in total. The minimum atomic E-state index is -0.428. The molecule has 1 aromatic carbocycles. The molecule has 0 aliphatic carbocycles. The number of ether oxygens (including phenoxy) is 1. The number of aliphatic hydroxyl groups excluding tert-OH is 1. The first-order valence-corrected chi connectivity index (χ1v) is 5.58. The summed E-state index contributed by atoms with van der Waals surface area (Å²) in [6.45, 7) is 2.21. The zero-order chi connectivity index (χ0) is 12.4. The van der Waals surface area contributed by atoms with E-state index in [-0.39, 0.29) is 12.5 Å². The molecule has 2 rings (SSSR count). The molecular weight excluding hydrogens is 220 g/mol. The number of hydrogen-bond donors (Lipinski definition) is 2. The summed E-state index contributed by atoms with van der Waals surface area (Å²) >= 11 is 0. The number of carbonyl (C=O) groups is 1. The lowest BCUT2D eigenvalue weighted by molar-refractivity contribution is -0.121. The molecule has 1 heterocycles. The highest BCUT2D eigenvalue weighted by molar-refractivity contribution is 5.98. The summed E-state index contributed by atoms with van der Waals surface area (Å²) in [5.41, 5.74) is 6.98. The summed E-state index contributed by atoms with van der Waals surface area (Å²) in [5.74, 6) is 0.526. The van der Waals surface area contributed by atoms with E-state index < -0.39 is 6.10 Å². The molecular formula is C12H16N2O3. The predicted molar refractivity (Wildman–Crippen MR) is 65.0 cm³/mol. The van der Waals surface area contributed by atoms with Crippen molar-refractivity contribution in [2.45, 2.75) is 19.4 Å². The van der Waals surface area contributed by atoms with Crippen LogP contribution < -0.4 is 15.4 Å². The molecule has 0 radical (unpaired) electrons. The molecule has 0 bridgehead atoms. The third-order valence-corrected chi connectivity index (χ3v) is 2.70. The van der Waals surface area contributed by atoms with Gasteiger partial charge in [0.25, 0.3) is 5.91 Å². The maximum Gasteiger partial charge on any atom is 0.265 e. The quantitative estimate of drug-likeness (QED) is 0.760. The smallest absolute Gasteiger partial charge is 0.265 e. The van der Waals surface area contributed by atoms with E-state index in [0.717, 1.165) is 5.69 Å². The van der Waals surface area contributed by atoms with Crippen molar-refractivity contribution >= 4 is 17.3 Å². The van der Waals surface area contributed by atoms with Crippen LogP contribution in [0.4, 0.5) is 11.4 Å². The van der Waals surface area contributed by atoms with Crippen molar-refractivity contribution in [1.29, 1.82) is 0 Å². The SMILES string of the molecule is CC(O)CCN1C(=O)COc2cc(N)ccc21. The van der Waals surface area contributed by atoms with Gasteiger partial charge in [0.15, 0.2) is 6.61 Å². The van der Waals surface area contributed by atoms with Crippen LogP contribution in [0.15, 0.2) is 18.2 Å². The standard InChI is InChI=1S/C12H16N2O3/c1-8(15)4-5-14-10-3-2-9(13)6-11(10)17-7-12(14)16/h2-3,6,8,15H,4-5,7,13H2,1H3. The van der Waals surface area contributed by atoms with Crippen molar-refractivity contribution in [3.8, 4) is 5.75 Å². The zero-order valence-corrected chi connectivity index (χ0v) is 9.72. The second kappa shape index (κ2) is 4.63. The third-order valence-electron chi connectivity index (χ3n) is 2.70.